The number of piperidine rings is 1. The summed E-state index contributed by atoms with van der Waals surface area (Å²) in [4.78, 5) is 8.48. The highest BCUT2D eigenvalue weighted by Gasteiger charge is 2.45. The van der Waals surface area contributed by atoms with Gasteiger partial charge in [0.2, 0.25) is 0 Å². The van der Waals surface area contributed by atoms with Crippen molar-refractivity contribution in [3.63, 3.8) is 0 Å². The van der Waals surface area contributed by atoms with E-state index in [1.165, 1.54) is 22.5 Å². The quantitative estimate of drug-likeness (QED) is 0.248. The Morgan fingerprint density at radius 2 is 1.94 bits per heavy atom. The van der Waals surface area contributed by atoms with Gasteiger partial charge in [0.25, 0.3) is 6.72 Å². The number of terminal acetylenes is 1. The SMILES string of the molecule is C#CCN1CCC2(CC1)c1cc(Br)ccc1N(CCc1nn[nH]n1)c1ccc(N=[N+]=C)cc12. The Morgan fingerprint density at radius 1 is 1.18 bits per heavy atom. The molecule has 1 spiro atoms. The lowest BCUT2D eigenvalue weighted by molar-refractivity contribution is -0.0631. The van der Waals surface area contributed by atoms with E-state index in [0.29, 0.717) is 18.8 Å². The molecule has 0 bridgehead atoms. The summed E-state index contributed by atoms with van der Waals surface area (Å²) >= 11 is 3.72. The van der Waals surface area contributed by atoms with E-state index in [4.69, 9.17) is 6.42 Å². The maximum atomic E-state index is 5.60. The van der Waals surface area contributed by atoms with Gasteiger partial charge in [-0.05, 0) is 60.4 Å². The first-order chi connectivity index (χ1) is 16.1. The van der Waals surface area contributed by atoms with Crippen LogP contribution < -0.4 is 4.90 Å². The number of H-pyrrole nitrogens is 1. The smallest absolute Gasteiger partial charge is 0.296 e. The van der Waals surface area contributed by atoms with Crippen LogP contribution in [0.15, 0.2) is 46.0 Å². The number of rotatable bonds is 5. The molecule has 0 radical (unpaired) electrons. The molecule has 0 aliphatic carbocycles. The molecule has 3 aromatic rings. The van der Waals surface area contributed by atoms with Gasteiger partial charge >= 0.3 is 0 Å². The summed E-state index contributed by atoms with van der Waals surface area (Å²) in [5.41, 5.74) is 5.67. The van der Waals surface area contributed by atoms with Crippen LogP contribution >= 0.6 is 15.9 Å². The lowest BCUT2D eigenvalue weighted by Crippen LogP contribution is -2.46. The highest BCUT2D eigenvalue weighted by Crippen LogP contribution is 2.55. The Bertz CT molecular complexity index is 1250. The Morgan fingerprint density at radius 3 is 2.64 bits per heavy atom. The molecule has 0 amide bonds. The normalized spacial score (nSPS) is 16.5. The first kappa shape index (κ1) is 21.5. The maximum Gasteiger partial charge on any atom is 0.296 e. The number of aromatic nitrogens is 4. The maximum absolute atomic E-state index is 5.60. The zero-order chi connectivity index (χ0) is 22.8. The number of aromatic amines is 1. The second-order valence-electron chi connectivity index (χ2n) is 8.40. The van der Waals surface area contributed by atoms with Gasteiger partial charge in [-0.15, -0.1) is 16.6 Å². The number of halogens is 1. The monoisotopic (exact) mass is 503 g/mol. The molecule has 8 nitrogen and oxygen atoms in total. The van der Waals surface area contributed by atoms with Crippen molar-refractivity contribution in [3.05, 3.63) is 57.8 Å². The first-order valence-corrected chi connectivity index (χ1v) is 11.7. The highest BCUT2D eigenvalue weighted by molar-refractivity contribution is 9.10. The van der Waals surface area contributed by atoms with Crippen LogP contribution in [0.4, 0.5) is 17.1 Å². The van der Waals surface area contributed by atoms with Crippen molar-refractivity contribution in [3.8, 4) is 12.3 Å². The van der Waals surface area contributed by atoms with Crippen molar-refractivity contribution in [2.45, 2.75) is 24.7 Å². The zero-order valence-electron chi connectivity index (χ0n) is 18.2. The predicted molar refractivity (Wildman–Crippen MR) is 130 cm³/mol. The molecular weight excluding hydrogens is 480 g/mol. The minimum atomic E-state index is -0.130. The standard InChI is InChI=1S/C24H24BrN8/c1-3-11-32-13-9-24(10-14-32)19-15-17(25)4-6-21(19)33(12-8-23-28-30-31-29-23)22-7-5-18(27-26-2)16-20(22)24/h1,4-7,15-16H,2,8-14H2,(H,28,29,30,31)/q+1. The molecule has 3 heterocycles. The molecule has 9 heteroatoms. The number of anilines is 2. The van der Waals surface area contributed by atoms with E-state index in [2.05, 4.69) is 99.2 Å². The molecule has 2 aliphatic rings. The molecule has 2 aromatic carbocycles. The topological polar surface area (TPSA) is 87.4 Å². The lowest BCUT2D eigenvalue weighted by Gasteiger charge is -2.49. The third-order valence-corrected chi connectivity index (χ3v) is 7.20. The molecule has 1 saturated heterocycles. The molecule has 33 heavy (non-hydrogen) atoms. The van der Waals surface area contributed by atoms with E-state index in [1.807, 2.05) is 6.07 Å². The number of nitrogens with one attached hydrogen (secondary N) is 1. The number of likely N-dealkylation sites (tertiary alicyclic amines) is 1. The van der Waals surface area contributed by atoms with Crippen molar-refractivity contribution in [1.29, 1.82) is 0 Å². The largest absolute Gasteiger partial charge is 0.341 e. The van der Waals surface area contributed by atoms with Crippen LogP contribution in [0.1, 0.15) is 29.8 Å². The Balaban J connectivity index is 1.64. The second kappa shape index (κ2) is 8.91. The van der Waals surface area contributed by atoms with Crippen LogP contribution in [0.5, 0.6) is 0 Å². The molecule has 5 rings (SSSR count). The van der Waals surface area contributed by atoms with Gasteiger partial charge in [-0.1, -0.05) is 27.1 Å². The first-order valence-electron chi connectivity index (χ1n) is 10.9. The van der Waals surface area contributed by atoms with Crippen LogP contribution in [-0.2, 0) is 11.8 Å². The van der Waals surface area contributed by atoms with E-state index < -0.39 is 0 Å². The van der Waals surface area contributed by atoms with E-state index in [9.17, 15) is 0 Å². The van der Waals surface area contributed by atoms with E-state index in [1.54, 1.807) is 0 Å². The van der Waals surface area contributed by atoms with Gasteiger partial charge in [0.15, 0.2) is 5.82 Å². The lowest BCUT2D eigenvalue weighted by atomic mass is 9.65. The molecule has 166 valence electrons. The van der Waals surface area contributed by atoms with E-state index in [-0.39, 0.29) is 5.41 Å². The van der Waals surface area contributed by atoms with Crippen LogP contribution in [0.25, 0.3) is 0 Å². The van der Waals surface area contributed by atoms with Crippen LogP contribution in [0.2, 0.25) is 0 Å². The fourth-order valence-electron chi connectivity index (χ4n) is 5.19. The molecule has 1 N–H and O–H groups in total. The summed E-state index contributed by atoms with van der Waals surface area (Å²) in [5.74, 6) is 3.49. The molecular formula is C24H24BrN8+. The molecule has 0 unspecified atom stereocenters. The molecule has 2 aliphatic heterocycles. The molecule has 1 fully saturated rings. The number of nitrogens with zero attached hydrogens (tertiary/aromatic N) is 7. The van der Waals surface area contributed by atoms with Crippen molar-refractivity contribution in [2.75, 3.05) is 31.1 Å². The third kappa shape index (κ3) is 3.87. The van der Waals surface area contributed by atoms with Crippen molar-refractivity contribution in [1.82, 2.24) is 25.5 Å². The van der Waals surface area contributed by atoms with Crippen LogP contribution in [0.3, 0.4) is 0 Å². The zero-order valence-corrected chi connectivity index (χ0v) is 19.8. The number of benzene rings is 2. The average Bonchev–Trinajstić information content (AvgIpc) is 3.35. The number of hydrogen-bond acceptors (Lipinski definition) is 6. The van der Waals surface area contributed by atoms with Crippen LogP contribution in [-0.4, -0.2) is 63.2 Å². The highest BCUT2D eigenvalue weighted by atomic mass is 79.9. The van der Waals surface area contributed by atoms with Gasteiger partial charge in [-0.3, -0.25) is 4.90 Å². The Kier molecular flexibility index (Phi) is 5.81. The summed E-state index contributed by atoms with van der Waals surface area (Å²) in [5, 5.41) is 18.8. The van der Waals surface area contributed by atoms with Crippen molar-refractivity contribution < 1.29 is 4.79 Å². The number of fused-ring (bicyclic) bond motifs is 4. The average molecular weight is 504 g/mol. The minimum Gasteiger partial charge on any atom is -0.341 e. The number of tetrazole rings is 1. The third-order valence-electron chi connectivity index (χ3n) is 6.71. The summed E-state index contributed by atoms with van der Waals surface area (Å²) in [6, 6.07) is 12.9. The fraction of sp³-hybridized carbons (Fsp3) is 0.333. The molecule has 1 aromatic heterocycles. The number of hydrogen-bond donors (Lipinski definition) is 1. The second-order valence-corrected chi connectivity index (χ2v) is 9.31. The molecule has 0 saturated carbocycles. The Hall–Kier alpha value is -3.31. The predicted octanol–water partition coefficient (Wildman–Crippen LogP) is 3.66. The van der Waals surface area contributed by atoms with Gasteiger partial charge < -0.3 is 4.90 Å². The van der Waals surface area contributed by atoms with E-state index in [0.717, 1.165) is 42.6 Å². The van der Waals surface area contributed by atoms with Gasteiger partial charge in [-0.2, -0.15) is 5.21 Å². The van der Waals surface area contributed by atoms with E-state index >= 15 is 0 Å². The summed E-state index contributed by atoms with van der Waals surface area (Å²) in [6.07, 6.45) is 8.23. The van der Waals surface area contributed by atoms with Gasteiger partial charge in [-0.25, -0.2) is 0 Å². The summed E-state index contributed by atoms with van der Waals surface area (Å²) < 4.78 is 1.07. The molecule has 0 atom stereocenters. The van der Waals surface area contributed by atoms with Gasteiger partial charge in [0.05, 0.1) is 6.54 Å². The van der Waals surface area contributed by atoms with Gasteiger partial charge in [0, 0.05) is 52.1 Å². The fourth-order valence-corrected chi connectivity index (χ4v) is 5.55. The van der Waals surface area contributed by atoms with Gasteiger partial charge in [0.1, 0.15) is 10.8 Å². The van der Waals surface area contributed by atoms with Crippen LogP contribution in [0, 0.1) is 12.3 Å². The Labute approximate surface area is 201 Å². The minimum absolute atomic E-state index is 0.130. The van der Waals surface area contributed by atoms with Crippen molar-refractivity contribution in [2.24, 2.45) is 5.11 Å². The summed E-state index contributed by atoms with van der Waals surface area (Å²) in [6.45, 7) is 6.84. The van der Waals surface area contributed by atoms with Crippen molar-refractivity contribution >= 4 is 39.7 Å². The summed E-state index contributed by atoms with van der Waals surface area (Å²) in [7, 11) is 0.